The highest BCUT2D eigenvalue weighted by Gasteiger charge is 2.54. The molecule has 0 radical (unpaired) electrons. The van der Waals surface area contributed by atoms with Gasteiger partial charge in [-0.1, -0.05) is 24.3 Å². The number of carboxylic acids is 1. The van der Waals surface area contributed by atoms with Crippen molar-refractivity contribution in [2.45, 2.75) is 24.4 Å². The number of nitrogens with two attached hydrogens (primary N) is 1. The number of aliphatic carboxylic acids is 1. The van der Waals surface area contributed by atoms with Gasteiger partial charge in [0.1, 0.15) is 28.9 Å². The van der Waals surface area contributed by atoms with Crippen LogP contribution in [0.15, 0.2) is 47.7 Å². The monoisotopic (exact) mass is 389 g/mol. The fraction of sp³-hybridized carbons (Fsp3) is 0.278. The maximum atomic E-state index is 12.5. The molecule has 0 spiro atoms. The van der Waals surface area contributed by atoms with Crippen LogP contribution in [0.2, 0.25) is 0 Å². The number of phenolic OH excluding ortho intramolecular Hbond substituents is 1. The molecule has 0 aliphatic carbocycles. The highest BCUT2D eigenvalue weighted by Crippen LogP contribution is 2.40. The Bertz CT molecular complexity index is 849. The summed E-state index contributed by atoms with van der Waals surface area (Å²) >= 11 is 1.39. The Morgan fingerprint density at radius 3 is 2.63 bits per heavy atom. The van der Waals surface area contributed by atoms with E-state index in [0.29, 0.717) is 16.9 Å². The Kier molecular flexibility index (Phi) is 5.24. The number of carbonyl (C=O) groups excluding carboxylic acids is 2. The number of nitrogens with one attached hydrogen (secondary N) is 1. The van der Waals surface area contributed by atoms with E-state index in [-0.39, 0.29) is 11.4 Å². The molecule has 2 unspecified atom stereocenters. The van der Waals surface area contributed by atoms with Crippen LogP contribution in [0.25, 0.3) is 0 Å². The third kappa shape index (κ3) is 3.43. The number of β-lactam (4-membered cyclic amide) rings is 1. The van der Waals surface area contributed by atoms with Crippen molar-refractivity contribution in [3.8, 4) is 5.75 Å². The van der Waals surface area contributed by atoms with Gasteiger partial charge in [-0.25, -0.2) is 4.79 Å². The second-order valence-corrected chi connectivity index (χ2v) is 7.25. The Balaban J connectivity index is 1.74. The molecule has 1 aromatic rings. The van der Waals surface area contributed by atoms with Crippen molar-refractivity contribution < 1.29 is 24.6 Å². The summed E-state index contributed by atoms with van der Waals surface area (Å²) in [7, 11) is 0. The summed E-state index contributed by atoms with van der Waals surface area (Å²) in [5.74, 6) is -1.71. The first kappa shape index (κ1) is 19.0. The Hall–Kier alpha value is -2.78. The summed E-state index contributed by atoms with van der Waals surface area (Å²) in [6, 6.07) is 4.06. The molecule has 27 heavy (non-hydrogen) atoms. The van der Waals surface area contributed by atoms with Gasteiger partial charge in [-0.05, 0) is 30.2 Å². The molecule has 0 aromatic heterocycles. The third-order valence-corrected chi connectivity index (χ3v) is 5.70. The summed E-state index contributed by atoms with van der Waals surface area (Å²) in [4.78, 5) is 37.7. The summed E-state index contributed by atoms with van der Waals surface area (Å²) in [5.41, 5.74) is 6.93. The van der Waals surface area contributed by atoms with Crippen LogP contribution in [0.5, 0.6) is 5.75 Å². The van der Waals surface area contributed by atoms with E-state index >= 15 is 0 Å². The van der Waals surface area contributed by atoms with Gasteiger partial charge in [-0.15, -0.1) is 11.8 Å². The average Bonchev–Trinajstić information content (AvgIpc) is 2.65. The van der Waals surface area contributed by atoms with Crippen molar-refractivity contribution in [2.24, 2.45) is 5.73 Å². The number of allylic oxidation sites excluding steroid dienone is 2. The normalized spacial score (nSPS) is 23.0. The number of aromatic hydroxyl groups is 1. The molecule has 2 aliphatic heterocycles. The molecule has 0 bridgehead atoms. The van der Waals surface area contributed by atoms with Gasteiger partial charge in [0.05, 0.1) is 0 Å². The lowest BCUT2D eigenvalue weighted by atomic mass is 10.0. The fourth-order valence-electron chi connectivity index (χ4n) is 3.05. The number of thioether (sulfide) groups is 1. The van der Waals surface area contributed by atoms with E-state index in [9.17, 15) is 24.6 Å². The molecule has 2 aliphatic rings. The number of hydrogen-bond donors (Lipinski definition) is 4. The maximum Gasteiger partial charge on any atom is 0.352 e. The van der Waals surface area contributed by atoms with E-state index in [1.54, 1.807) is 19.1 Å². The Morgan fingerprint density at radius 2 is 2.04 bits per heavy atom. The number of benzene rings is 1. The van der Waals surface area contributed by atoms with Gasteiger partial charge in [-0.3, -0.25) is 14.5 Å². The minimum atomic E-state index is -1.17. The van der Waals surface area contributed by atoms with Gasteiger partial charge in [0.25, 0.3) is 5.91 Å². The van der Waals surface area contributed by atoms with Gasteiger partial charge in [0.2, 0.25) is 5.91 Å². The number of rotatable bonds is 5. The van der Waals surface area contributed by atoms with Crippen LogP contribution in [-0.2, 0) is 14.4 Å². The van der Waals surface area contributed by atoms with Crippen LogP contribution in [0.3, 0.4) is 0 Å². The fourth-order valence-corrected chi connectivity index (χ4v) is 4.37. The quantitative estimate of drug-likeness (QED) is 0.545. The van der Waals surface area contributed by atoms with E-state index in [4.69, 9.17) is 5.73 Å². The van der Waals surface area contributed by atoms with E-state index in [0.717, 1.165) is 0 Å². The van der Waals surface area contributed by atoms with Gasteiger partial charge in [-0.2, -0.15) is 0 Å². The molecule has 142 valence electrons. The first-order valence-corrected chi connectivity index (χ1v) is 9.28. The van der Waals surface area contributed by atoms with Gasteiger partial charge in [0.15, 0.2) is 0 Å². The number of fused-ring (bicyclic) bond motifs is 1. The second kappa shape index (κ2) is 7.45. The molecule has 1 fully saturated rings. The molecule has 3 rings (SSSR count). The van der Waals surface area contributed by atoms with Crippen LogP contribution >= 0.6 is 11.8 Å². The van der Waals surface area contributed by atoms with Crippen LogP contribution in [0, 0.1) is 0 Å². The Labute approximate surface area is 159 Å². The largest absolute Gasteiger partial charge is 0.508 e. The number of phenols is 1. The van der Waals surface area contributed by atoms with Gasteiger partial charge in [0, 0.05) is 5.75 Å². The van der Waals surface area contributed by atoms with Crippen molar-refractivity contribution in [3.05, 3.63) is 53.3 Å². The molecule has 3 atom stereocenters. The molecule has 1 aromatic carbocycles. The molecular formula is C18H19N3O5S. The van der Waals surface area contributed by atoms with Crippen LogP contribution in [0.4, 0.5) is 0 Å². The molecule has 2 amide bonds. The lowest BCUT2D eigenvalue weighted by Gasteiger charge is -2.49. The van der Waals surface area contributed by atoms with Gasteiger partial charge >= 0.3 is 5.97 Å². The zero-order chi connectivity index (χ0) is 19.7. The van der Waals surface area contributed by atoms with Crippen molar-refractivity contribution in [3.63, 3.8) is 0 Å². The van der Waals surface area contributed by atoms with Crippen LogP contribution in [-0.4, -0.2) is 50.1 Å². The first-order valence-electron chi connectivity index (χ1n) is 8.24. The predicted octanol–water partition coefficient (Wildman–Crippen LogP) is 0.707. The number of amides is 2. The van der Waals surface area contributed by atoms with Gasteiger partial charge < -0.3 is 21.3 Å². The van der Waals surface area contributed by atoms with E-state index in [1.807, 2.05) is 0 Å². The summed E-state index contributed by atoms with van der Waals surface area (Å²) < 4.78 is 0. The summed E-state index contributed by atoms with van der Waals surface area (Å²) in [5, 5.41) is 20.9. The second-order valence-electron chi connectivity index (χ2n) is 6.14. The van der Waals surface area contributed by atoms with Crippen LogP contribution < -0.4 is 11.1 Å². The Morgan fingerprint density at radius 1 is 1.37 bits per heavy atom. The summed E-state index contributed by atoms with van der Waals surface area (Å²) in [6.45, 7) is 1.77. The minimum Gasteiger partial charge on any atom is -0.508 e. The van der Waals surface area contributed by atoms with Crippen molar-refractivity contribution in [2.75, 3.05) is 5.75 Å². The highest BCUT2D eigenvalue weighted by atomic mass is 32.2. The van der Waals surface area contributed by atoms with Crippen molar-refractivity contribution in [1.29, 1.82) is 0 Å². The number of hydrogen-bond acceptors (Lipinski definition) is 6. The molecule has 5 N–H and O–H groups in total. The highest BCUT2D eigenvalue weighted by molar-refractivity contribution is 8.00. The maximum absolute atomic E-state index is 12.5. The van der Waals surface area contributed by atoms with E-state index < -0.39 is 35.2 Å². The zero-order valence-electron chi connectivity index (χ0n) is 14.5. The summed E-state index contributed by atoms with van der Waals surface area (Å²) in [6.07, 6.45) is 3.39. The van der Waals surface area contributed by atoms with Crippen molar-refractivity contribution >= 4 is 29.5 Å². The molecule has 9 heteroatoms. The zero-order valence-corrected chi connectivity index (χ0v) is 15.3. The molecule has 8 nitrogen and oxygen atoms in total. The molecular weight excluding hydrogens is 370 g/mol. The molecule has 2 heterocycles. The predicted molar refractivity (Wildman–Crippen MR) is 99.5 cm³/mol. The average molecular weight is 389 g/mol. The number of carbonyl (C=O) groups is 3. The lowest BCUT2D eigenvalue weighted by molar-refractivity contribution is -0.150. The first-order chi connectivity index (χ1) is 12.8. The van der Waals surface area contributed by atoms with E-state index in [2.05, 4.69) is 5.32 Å². The number of carboxylic acid groups (broad SMARTS) is 1. The van der Waals surface area contributed by atoms with Crippen molar-refractivity contribution in [1.82, 2.24) is 10.2 Å². The number of nitrogens with zero attached hydrogens (tertiary/aromatic N) is 1. The topological polar surface area (TPSA) is 133 Å². The minimum absolute atomic E-state index is 0.0461. The van der Waals surface area contributed by atoms with E-state index in [1.165, 1.54) is 40.9 Å². The standard InChI is InChI=1S/C18H19N3O5S/c1-2-3-10-8-27-17-13(16(24)21(17)14(10)18(25)26)20-15(23)12(19)9-4-6-11(22)7-5-9/h2-7,12-13,17,22H,8,19H2,1H3,(H,20,23)(H,25,26)/t12-,13?,17?/m1/s1. The van der Waals surface area contributed by atoms with Crippen LogP contribution in [0.1, 0.15) is 18.5 Å². The molecule has 0 saturated carbocycles. The lowest BCUT2D eigenvalue weighted by Crippen LogP contribution is -2.71. The third-order valence-electron chi connectivity index (χ3n) is 4.40. The SMILES string of the molecule is CC=CC1=C(C(=O)O)N2C(=O)C(NC(=O)[C@H](N)c3ccc(O)cc3)C2SC1. The smallest absolute Gasteiger partial charge is 0.352 e. The molecule has 1 saturated heterocycles.